The molecule has 234 valence electrons. The highest BCUT2D eigenvalue weighted by Gasteiger charge is 2.14. The molecule has 0 rings (SSSR count). The summed E-state index contributed by atoms with van der Waals surface area (Å²) in [6.07, 6.45) is 39.0. The molecule has 0 amide bonds. The van der Waals surface area contributed by atoms with Crippen molar-refractivity contribution in [1.82, 2.24) is 0 Å². The van der Waals surface area contributed by atoms with Gasteiger partial charge in [-0.25, -0.2) is 0 Å². The van der Waals surface area contributed by atoms with Crippen LogP contribution in [0.2, 0.25) is 0 Å². The van der Waals surface area contributed by atoms with Crippen molar-refractivity contribution in [2.75, 3.05) is 0 Å². The molecule has 1 N–H and O–H groups in total. The van der Waals surface area contributed by atoms with E-state index in [0.29, 0.717) is 6.42 Å². The molecule has 4 nitrogen and oxygen atoms in total. The number of hydrogen-bond acceptors (Lipinski definition) is 3. The van der Waals surface area contributed by atoms with Gasteiger partial charge in [-0.2, -0.15) is 0 Å². The maximum absolute atomic E-state index is 12.5. The van der Waals surface area contributed by atoms with Crippen LogP contribution in [-0.2, 0) is 14.3 Å². The summed E-state index contributed by atoms with van der Waals surface area (Å²) in [6, 6.07) is 0. The largest absolute Gasteiger partial charge is 0.481 e. The third-order valence-electron chi connectivity index (χ3n) is 7.68. The van der Waals surface area contributed by atoms with Crippen LogP contribution in [-0.4, -0.2) is 23.1 Å². The van der Waals surface area contributed by atoms with Gasteiger partial charge in [-0.05, 0) is 70.6 Å². The number of carboxylic acid groups (broad SMARTS) is 1. The Kier molecular flexibility index (Phi) is 30.7. The Morgan fingerprint density at radius 2 is 0.975 bits per heavy atom. The number of unbranched alkanes of at least 4 members (excludes halogenated alkanes) is 18. The van der Waals surface area contributed by atoms with Gasteiger partial charge in [0.25, 0.3) is 0 Å². The highest BCUT2D eigenvalue weighted by molar-refractivity contribution is 5.69. The average Bonchev–Trinajstić information content (AvgIpc) is 2.93. The van der Waals surface area contributed by atoms with Crippen molar-refractivity contribution in [3.8, 4) is 0 Å². The molecule has 1 unspecified atom stereocenters. The molecule has 0 aromatic rings. The molecule has 0 spiro atoms. The van der Waals surface area contributed by atoms with Crippen LogP contribution < -0.4 is 0 Å². The van der Waals surface area contributed by atoms with Crippen molar-refractivity contribution in [2.24, 2.45) is 0 Å². The topological polar surface area (TPSA) is 63.6 Å². The van der Waals surface area contributed by atoms with E-state index in [0.717, 1.165) is 77.0 Å². The predicted octanol–water partition coefficient (Wildman–Crippen LogP) is 11.7. The lowest BCUT2D eigenvalue weighted by Gasteiger charge is -2.18. The number of carbonyl (C=O) groups excluding carboxylic acids is 1. The lowest BCUT2D eigenvalue weighted by Crippen LogP contribution is -2.18. The van der Waals surface area contributed by atoms with E-state index >= 15 is 0 Å². The van der Waals surface area contributed by atoms with Crippen molar-refractivity contribution >= 4 is 11.9 Å². The van der Waals surface area contributed by atoms with Gasteiger partial charge >= 0.3 is 11.9 Å². The zero-order valence-corrected chi connectivity index (χ0v) is 26.7. The molecule has 0 saturated carbocycles. The van der Waals surface area contributed by atoms with Crippen molar-refractivity contribution in [2.45, 2.75) is 193 Å². The number of aliphatic carboxylic acids is 1. The first-order chi connectivity index (χ1) is 19.6. The maximum atomic E-state index is 12.5. The first-order valence-electron chi connectivity index (χ1n) is 17.3. The minimum Gasteiger partial charge on any atom is -0.481 e. The van der Waals surface area contributed by atoms with Crippen molar-refractivity contribution in [3.63, 3.8) is 0 Å². The summed E-state index contributed by atoms with van der Waals surface area (Å²) in [6.45, 7) is 4.50. The molecule has 0 bridgehead atoms. The van der Waals surface area contributed by atoms with Gasteiger partial charge in [0.1, 0.15) is 6.10 Å². The molecule has 0 aliphatic rings. The summed E-state index contributed by atoms with van der Waals surface area (Å²) in [5.41, 5.74) is 0. The van der Waals surface area contributed by atoms with Crippen LogP contribution >= 0.6 is 0 Å². The van der Waals surface area contributed by atoms with E-state index in [9.17, 15) is 9.59 Å². The van der Waals surface area contributed by atoms with E-state index in [1.54, 1.807) is 0 Å². The number of esters is 1. The van der Waals surface area contributed by atoms with Crippen LogP contribution in [0.3, 0.4) is 0 Å². The first kappa shape index (κ1) is 38.4. The lowest BCUT2D eigenvalue weighted by molar-refractivity contribution is -0.150. The van der Waals surface area contributed by atoms with Gasteiger partial charge in [0.15, 0.2) is 0 Å². The van der Waals surface area contributed by atoms with Gasteiger partial charge in [-0.3, -0.25) is 9.59 Å². The summed E-state index contributed by atoms with van der Waals surface area (Å²) in [4.78, 5) is 23.2. The van der Waals surface area contributed by atoms with E-state index in [1.165, 1.54) is 83.5 Å². The highest BCUT2D eigenvalue weighted by atomic mass is 16.5. The third kappa shape index (κ3) is 31.0. The van der Waals surface area contributed by atoms with Crippen molar-refractivity contribution in [1.29, 1.82) is 0 Å². The molecule has 0 aliphatic heterocycles. The lowest BCUT2D eigenvalue weighted by atomic mass is 10.0. The van der Waals surface area contributed by atoms with E-state index in [-0.39, 0.29) is 18.5 Å². The Balaban J connectivity index is 3.99. The van der Waals surface area contributed by atoms with Crippen LogP contribution in [0.1, 0.15) is 187 Å². The highest BCUT2D eigenvalue weighted by Crippen LogP contribution is 2.18. The second-order valence-electron chi connectivity index (χ2n) is 11.7. The third-order valence-corrected chi connectivity index (χ3v) is 7.68. The van der Waals surface area contributed by atoms with Crippen molar-refractivity contribution in [3.05, 3.63) is 24.3 Å². The van der Waals surface area contributed by atoms with E-state index < -0.39 is 5.97 Å². The number of carbonyl (C=O) groups is 2. The summed E-state index contributed by atoms with van der Waals surface area (Å²) >= 11 is 0. The quantitative estimate of drug-likeness (QED) is 0.0518. The van der Waals surface area contributed by atoms with Gasteiger partial charge < -0.3 is 9.84 Å². The molecule has 40 heavy (non-hydrogen) atoms. The predicted molar refractivity (Wildman–Crippen MR) is 172 cm³/mol. The second kappa shape index (κ2) is 31.9. The van der Waals surface area contributed by atoms with Gasteiger partial charge in [0, 0.05) is 12.8 Å². The molecule has 1 atom stereocenters. The maximum Gasteiger partial charge on any atom is 0.306 e. The molecule has 4 heteroatoms. The average molecular weight is 563 g/mol. The SMILES string of the molecule is CCCCC/C=C/C/C=C/CCCCCCCC(=O)OC(CCCCCCCCC)CCCCCCCC(=O)O. The van der Waals surface area contributed by atoms with Crippen LogP contribution in [0.15, 0.2) is 24.3 Å². The van der Waals surface area contributed by atoms with Crippen LogP contribution in [0.4, 0.5) is 0 Å². The summed E-state index contributed by atoms with van der Waals surface area (Å²) in [5, 5.41) is 8.77. The Hall–Kier alpha value is -1.58. The molecule has 0 heterocycles. The fourth-order valence-electron chi connectivity index (χ4n) is 5.10. The van der Waals surface area contributed by atoms with Gasteiger partial charge in [-0.1, -0.05) is 128 Å². The number of hydrogen-bond donors (Lipinski definition) is 1. The minimum absolute atomic E-state index is 0.0138. The fourth-order valence-corrected chi connectivity index (χ4v) is 5.10. The Morgan fingerprint density at radius 3 is 1.52 bits per heavy atom. The molecule has 0 saturated heterocycles. The number of ether oxygens (including phenoxy) is 1. The van der Waals surface area contributed by atoms with Gasteiger partial charge in [0.05, 0.1) is 0 Å². The fraction of sp³-hybridized carbons (Fsp3) is 0.833. The Morgan fingerprint density at radius 1 is 0.550 bits per heavy atom. The van der Waals surface area contributed by atoms with Crippen LogP contribution in [0.5, 0.6) is 0 Å². The van der Waals surface area contributed by atoms with Gasteiger partial charge in [-0.15, -0.1) is 0 Å². The summed E-state index contributed by atoms with van der Waals surface area (Å²) in [5.74, 6) is -0.717. The Bertz CT molecular complexity index is 610. The first-order valence-corrected chi connectivity index (χ1v) is 17.3. The molecule has 0 aromatic heterocycles. The number of allylic oxidation sites excluding steroid dienone is 4. The van der Waals surface area contributed by atoms with Gasteiger partial charge in [0.2, 0.25) is 0 Å². The number of carboxylic acids is 1. The minimum atomic E-state index is -0.703. The summed E-state index contributed by atoms with van der Waals surface area (Å²) < 4.78 is 5.94. The molecule has 0 fully saturated rings. The zero-order chi connectivity index (χ0) is 29.4. The van der Waals surface area contributed by atoms with E-state index in [2.05, 4.69) is 38.2 Å². The van der Waals surface area contributed by atoms with E-state index in [4.69, 9.17) is 9.84 Å². The Labute approximate surface area is 248 Å². The standard InChI is InChI=1S/C36H66O4/c1-3-5-7-9-11-12-13-14-15-16-17-18-20-25-29-33-36(39)40-34(30-26-22-19-10-8-6-4-2)31-27-23-21-24-28-32-35(37)38/h11-12,14-15,34H,3-10,13,16-33H2,1-2H3,(H,37,38)/b12-11+,15-14+. The second-order valence-corrected chi connectivity index (χ2v) is 11.7. The normalized spacial score (nSPS) is 12.4. The monoisotopic (exact) mass is 562 g/mol. The molecule has 0 aliphatic carbocycles. The zero-order valence-electron chi connectivity index (χ0n) is 26.7. The van der Waals surface area contributed by atoms with Crippen molar-refractivity contribution < 1.29 is 19.4 Å². The van der Waals surface area contributed by atoms with Crippen LogP contribution in [0.25, 0.3) is 0 Å². The molecule has 0 aromatic carbocycles. The number of rotatable bonds is 31. The van der Waals surface area contributed by atoms with Crippen LogP contribution in [0, 0.1) is 0 Å². The smallest absolute Gasteiger partial charge is 0.306 e. The molecular formula is C36H66O4. The van der Waals surface area contributed by atoms with E-state index in [1.807, 2.05) is 0 Å². The molecular weight excluding hydrogens is 496 g/mol. The summed E-state index contributed by atoms with van der Waals surface area (Å²) in [7, 11) is 0. The molecule has 0 radical (unpaired) electrons.